The number of carbonyl (C=O) groups excluding carboxylic acids is 1. The number of amides is 1. The van der Waals surface area contributed by atoms with Crippen LogP contribution in [0, 0.1) is 28.6 Å². The van der Waals surface area contributed by atoms with Crippen molar-refractivity contribution in [3.05, 3.63) is 29.0 Å². The minimum atomic E-state index is -0.848. The summed E-state index contributed by atoms with van der Waals surface area (Å²) in [5, 5.41) is 14.0. The van der Waals surface area contributed by atoms with Crippen molar-refractivity contribution in [3.63, 3.8) is 0 Å². The second kappa shape index (κ2) is 4.56. The predicted molar refractivity (Wildman–Crippen MR) is 85.2 cm³/mol. The van der Waals surface area contributed by atoms with E-state index in [1.54, 1.807) is 15.6 Å². The molecule has 2 aliphatic rings. The normalized spacial score (nSPS) is 28.3. The molecular weight excluding hydrogens is 344 g/mol. The maximum Gasteiger partial charge on any atom is 0.248 e. The van der Waals surface area contributed by atoms with Crippen molar-refractivity contribution < 1.29 is 4.79 Å². The van der Waals surface area contributed by atoms with Gasteiger partial charge in [0.2, 0.25) is 5.91 Å². The summed E-state index contributed by atoms with van der Waals surface area (Å²) in [4.78, 5) is 14.9. The fourth-order valence-electron chi connectivity index (χ4n) is 3.70. The molecule has 2 fully saturated rings. The topological polar surface area (TPSA) is 61.4 Å². The van der Waals surface area contributed by atoms with Crippen molar-refractivity contribution in [1.82, 2.24) is 9.61 Å². The quantitative estimate of drug-likeness (QED) is 0.828. The van der Waals surface area contributed by atoms with Crippen molar-refractivity contribution >= 4 is 33.0 Å². The first-order valence-electron chi connectivity index (χ1n) is 7.44. The number of anilines is 1. The summed E-state index contributed by atoms with van der Waals surface area (Å²) in [6, 6.07) is 6.19. The smallest absolute Gasteiger partial charge is 0.248 e. The van der Waals surface area contributed by atoms with Gasteiger partial charge in [0.15, 0.2) is 0 Å². The molecule has 2 atom stereocenters. The Morgan fingerprint density at radius 3 is 2.95 bits per heavy atom. The summed E-state index contributed by atoms with van der Waals surface area (Å²) >= 11 is 3.47. The number of halogens is 1. The fourth-order valence-corrected chi connectivity index (χ4v) is 4.11. The molecule has 0 N–H and O–H groups in total. The number of hydrogen-bond donors (Lipinski definition) is 0. The number of pyridine rings is 1. The molecule has 4 rings (SSSR count). The average molecular weight is 359 g/mol. The molecule has 6 heteroatoms. The lowest BCUT2D eigenvalue weighted by Crippen LogP contribution is -2.37. The number of nitrogens with zero attached hydrogens (tertiary/aromatic N) is 4. The second-order valence-corrected chi connectivity index (χ2v) is 7.19. The van der Waals surface area contributed by atoms with Crippen LogP contribution in [-0.2, 0) is 4.79 Å². The van der Waals surface area contributed by atoms with Gasteiger partial charge in [0.05, 0.1) is 23.5 Å². The SMILES string of the molecule is C[C@@H]1CN(c2cc(Br)cn3nccc23)C(=O)[C@]1(C#N)C1CC1. The van der Waals surface area contributed by atoms with E-state index in [0.29, 0.717) is 6.54 Å². The van der Waals surface area contributed by atoms with Crippen LogP contribution in [0.2, 0.25) is 0 Å². The molecule has 1 aliphatic heterocycles. The van der Waals surface area contributed by atoms with Crippen LogP contribution in [0.3, 0.4) is 0 Å². The van der Waals surface area contributed by atoms with Crippen LogP contribution in [-0.4, -0.2) is 22.1 Å². The Hall–Kier alpha value is -1.87. The molecule has 112 valence electrons. The monoisotopic (exact) mass is 358 g/mol. The Balaban J connectivity index is 1.85. The van der Waals surface area contributed by atoms with E-state index in [1.165, 1.54) is 0 Å². The molecule has 5 nitrogen and oxygen atoms in total. The van der Waals surface area contributed by atoms with Crippen molar-refractivity contribution in [2.45, 2.75) is 19.8 Å². The van der Waals surface area contributed by atoms with Crippen molar-refractivity contribution in [2.24, 2.45) is 17.3 Å². The van der Waals surface area contributed by atoms with Gasteiger partial charge in [-0.25, -0.2) is 4.52 Å². The van der Waals surface area contributed by atoms with Gasteiger partial charge in [-0.05, 0) is 46.8 Å². The highest BCUT2D eigenvalue weighted by Gasteiger charge is 2.61. The van der Waals surface area contributed by atoms with Crippen LogP contribution in [0.25, 0.3) is 5.52 Å². The third-order valence-corrected chi connectivity index (χ3v) is 5.42. The lowest BCUT2D eigenvalue weighted by molar-refractivity contribution is -0.124. The van der Waals surface area contributed by atoms with Crippen LogP contribution in [0.1, 0.15) is 19.8 Å². The minimum Gasteiger partial charge on any atom is -0.309 e. The molecule has 3 heterocycles. The highest BCUT2D eigenvalue weighted by Crippen LogP contribution is 2.54. The zero-order valence-electron chi connectivity index (χ0n) is 12.2. The van der Waals surface area contributed by atoms with E-state index in [2.05, 4.69) is 27.1 Å². The summed E-state index contributed by atoms with van der Waals surface area (Å²) in [5.41, 5.74) is 0.856. The van der Waals surface area contributed by atoms with E-state index in [1.807, 2.05) is 25.3 Å². The van der Waals surface area contributed by atoms with Gasteiger partial charge in [0, 0.05) is 23.1 Å². The summed E-state index contributed by atoms with van der Waals surface area (Å²) in [6.45, 7) is 2.60. The first kappa shape index (κ1) is 13.8. The summed E-state index contributed by atoms with van der Waals surface area (Å²) in [6.07, 6.45) is 5.55. The summed E-state index contributed by atoms with van der Waals surface area (Å²) in [5.74, 6) is 0.212. The number of fused-ring (bicyclic) bond motifs is 1. The van der Waals surface area contributed by atoms with Crippen LogP contribution in [0.5, 0.6) is 0 Å². The third-order valence-electron chi connectivity index (χ3n) is 4.98. The number of hydrogen-bond acceptors (Lipinski definition) is 3. The number of rotatable bonds is 2. The molecule has 0 radical (unpaired) electrons. The fraction of sp³-hybridized carbons (Fsp3) is 0.438. The van der Waals surface area contributed by atoms with Gasteiger partial charge in [-0.1, -0.05) is 6.92 Å². The van der Waals surface area contributed by atoms with Crippen LogP contribution >= 0.6 is 15.9 Å². The minimum absolute atomic E-state index is 0.0412. The highest BCUT2D eigenvalue weighted by molar-refractivity contribution is 9.10. The molecule has 0 spiro atoms. The average Bonchev–Trinajstić information content (AvgIpc) is 3.17. The molecule has 1 saturated heterocycles. The van der Waals surface area contributed by atoms with Gasteiger partial charge in [-0.3, -0.25) is 4.79 Å². The number of carbonyl (C=O) groups is 1. The van der Waals surface area contributed by atoms with Crippen LogP contribution in [0.4, 0.5) is 5.69 Å². The predicted octanol–water partition coefficient (Wildman–Crippen LogP) is 3.00. The van der Waals surface area contributed by atoms with Gasteiger partial charge in [0.25, 0.3) is 0 Å². The maximum absolute atomic E-state index is 13.1. The summed E-state index contributed by atoms with van der Waals surface area (Å²) < 4.78 is 2.61. The third kappa shape index (κ3) is 1.69. The lowest BCUT2D eigenvalue weighted by atomic mass is 9.75. The molecule has 0 aromatic carbocycles. The first-order chi connectivity index (χ1) is 10.6. The molecule has 2 aromatic heterocycles. The standard InChI is InChI=1S/C16H15BrN4O/c1-10-7-20(15(22)16(10,9-18)11-2-3-11)14-6-12(17)8-21-13(14)4-5-19-21/h4-6,8,10-11H,2-3,7H2,1H3/t10-,16+/m1/s1. The first-order valence-corrected chi connectivity index (χ1v) is 8.23. The largest absolute Gasteiger partial charge is 0.309 e. The van der Waals surface area contributed by atoms with E-state index in [0.717, 1.165) is 28.5 Å². The summed E-state index contributed by atoms with van der Waals surface area (Å²) in [7, 11) is 0. The second-order valence-electron chi connectivity index (χ2n) is 6.28. The maximum atomic E-state index is 13.1. The molecule has 1 amide bonds. The van der Waals surface area contributed by atoms with Crippen LogP contribution in [0.15, 0.2) is 29.0 Å². The molecule has 1 aliphatic carbocycles. The molecule has 2 aromatic rings. The van der Waals surface area contributed by atoms with Crippen molar-refractivity contribution in [2.75, 3.05) is 11.4 Å². The Morgan fingerprint density at radius 1 is 1.50 bits per heavy atom. The van der Waals surface area contributed by atoms with Crippen LogP contribution < -0.4 is 4.90 Å². The Kier molecular flexibility index (Phi) is 2.85. The van der Waals surface area contributed by atoms with Gasteiger partial charge in [0.1, 0.15) is 5.41 Å². The molecule has 1 saturated carbocycles. The lowest BCUT2D eigenvalue weighted by Gasteiger charge is -2.23. The molecule has 0 unspecified atom stereocenters. The zero-order valence-corrected chi connectivity index (χ0v) is 13.7. The zero-order chi connectivity index (χ0) is 15.5. The van der Waals surface area contributed by atoms with E-state index < -0.39 is 5.41 Å². The molecular formula is C16H15BrN4O. The van der Waals surface area contributed by atoms with E-state index >= 15 is 0 Å². The Labute approximate surface area is 136 Å². The molecule has 0 bridgehead atoms. The van der Waals surface area contributed by atoms with E-state index in [9.17, 15) is 10.1 Å². The number of nitriles is 1. The van der Waals surface area contributed by atoms with Gasteiger partial charge in [-0.2, -0.15) is 10.4 Å². The van der Waals surface area contributed by atoms with E-state index in [-0.39, 0.29) is 17.7 Å². The van der Waals surface area contributed by atoms with Crippen molar-refractivity contribution in [1.29, 1.82) is 5.26 Å². The van der Waals surface area contributed by atoms with Gasteiger partial charge >= 0.3 is 0 Å². The highest BCUT2D eigenvalue weighted by atomic mass is 79.9. The van der Waals surface area contributed by atoms with Gasteiger partial charge in [-0.15, -0.1) is 0 Å². The molecule has 22 heavy (non-hydrogen) atoms. The number of aromatic nitrogens is 2. The Morgan fingerprint density at radius 2 is 2.27 bits per heavy atom. The van der Waals surface area contributed by atoms with Gasteiger partial charge < -0.3 is 4.90 Å². The van der Waals surface area contributed by atoms with Crippen molar-refractivity contribution in [3.8, 4) is 6.07 Å². The Bertz CT molecular complexity index is 819. The van der Waals surface area contributed by atoms with E-state index in [4.69, 9.17) is 0 Å².